The topological polar surface area (TPSA) is 84.9 Å². The SMILES string of the molecule is COc1ccc(NC(=O)[C@H]2CN(S(=O)(=O)c3ccc(Cl)cc3)c3ccccc3O2)cc1Cl. The standard InChI is InChI=1S/C22H18Cl2N2O5S/c1-30-19-11-8-15(12-17(19)24)25-22(27)21-13-26(18-4-2-3-5-20(18)31-21)32(28,29)16-9-6-14(23)7-10-16/h2-12,21H,13H2,1H3,(H,25,27)/t21-/m1/s1. The number of methoxy groups -OCH3 is 1. The Morgan fingerprint density at radius 1 is 1.09 bits per heavy atom. The molecule has 0 radical (unpaired) electrons. The Morgan fingerprint density at radius 3 is 2.50 bits per heavy atom. The zero-order valence-corrected chi connectivity index (χ0v) is 19.1. The lowest BCUT2D eigenvalue weighted by Crippen LogP contribution is -2.48. The monoisotopic (exact) mass is 492 g/mol. The number of halogens is 2. The molecule has 7 nitrogen and oxygen atoms in total. The van der Waals surface area contributed by atoms with Gasteiger partial charge in [-0.3, -0.25) is 9.10 Å². The lowest BCUT2D eigenvalue weighted by molar-refractivity contribution is -0.122. The van der Waals surface area contributed by atoms with Crippen LogP contribution in [0.5, 0.6) is 11.5 Å². The van der Waals surface area contributed by atoms with Crippen molar-refractivity contribution >= 4 is 50.5 Å². The quantitative estimate of drug-likeness (QED) is 0.562. The van der Waals surface area contributed by atoms with Crippen molar-refractivity contribution in [2.45, 2.75) is 11.0 Å². The lowest BCUT2D eigenvalue weighted by Gasteiger charge is -2.34. The molecule has 166 valence electrons. The average Bonchev–Trinajstić information content (AvgIpc) is 2.78. The van der Waals surface area contributed by atoms with Gasteiger partial charge in [0.2, 0.25) is 0 Å². The highest BCUT2D eigenvalue weighted by molar-refractivity contribution is 7.92. The summed E-state index contributed by atoms with van der Waals surface area (Å²) in [4.78, 5) is 13.0. The number of hydrogen-bond acceptors (Lipinski definition) is 5. The normalized spacial score (nSPS) is 15.5. The van der Waals surface area contributed by atoms with E-state index in [2.05, 4.69) is 5.32 Å². The Balaban J connectivity index is 1.64. The molecule has 4 rings (SSSR count). The largest absolute Gasteiger partial charge is 0.495 e. The number of nitrogens with zero attached hydrogens (tertiary/aromatic N) is 1. The fraction of sp³-hybridized carbons (Fsp3) is 0.136. The first kappa shape index (κ1) is 22.3. The first-order valence-corrected chi connectivity index (χ1v) is 11.7. The van der Waals surface area contributed by atoms with E-state index in [0.717, 1.165) is 0 Å². The number of para-hydroxylation sites is 2. The predicted octanol–water partition coefficient (Wildman–Crippen LogP) is 4.60. The molecule has 1 aliphatic heterocycles. The summed E-state index contributed by atoms with van der Waals surface area (Å²) in [7, 11) is -2.48. The van der Waals surface area contributed by atoms with E-state index in [-0.39, 0.29) is 17.2 Å². The maximum Gasteiger partial charge on any atom is 0.267 e. The maximum atomic E-state index is 13.4. The molecule has 0 aliphatic carbocycles. The summed E-state index contributed by atoms with van der Waals surface area (Å²) >= 11 is 12.0. The van der Waals surface area contributed by atoms with Crippen LogP contribution < -0.4 is 19.1 Å². The van der Waals surface area contributed by atoms with Gasteiger partial charge in [0.05, 0.1) is 29.3 Å². The second kappa shape index (κ2) is 8.90. The van der Waals surface area contributed by atoms with E-state index >= 15 is 0 Å². The van der Waals surface area contributed by atoms with Crippen LogP contribution in [-0.2, 0) is 14.8 Å². The van der Waals surface area contributed by atoms with E-state index in [9.17, 15) is 13.2 Å². The molecule has 1 amide bonds. The highest BCUT2D eigenvalue weighted by Gasteiger charge is 2.37. The van der Waals surface area contributed by atoms with Gasteiger partial charge in [0.25, 0.3) is 15.9 Å². The molecular formula is C22H18Cl2N2O5S. The number of benzene rings is 3. The van der Waals surface area contributed by atoms with Crippen LogP contribution >= 0.6 is 23.2 Å². The third-order valence-electron chi connectivity index (χ3n) is 4.85. The van der Waals surface area contributed by atoms with Crippen molar-refractivity contribution in [2.24, 2.45) is 0 Å². The third kappa shape index (κ3) is 4.34. The number of anilines is 2. The number of hydrogen-bond donors (Lipinski definition) is 1. The number of nitrogens with one attached hydrogen (secondary N) is 1. The van der Waals surface area contributed by atoms with E-state index in [1.54, 1.807) is 36.4 Å². The van der Waals surface area contributed by atoms with Crippen molar-refractivity contribution in [1.82, 2.24) is 0 Å². The van der Waals surface area contributed by atoms with Crippen molar-refractivity contribution in [3.8, 4) is 11.5 Å². The summed E-state index contributed by atoms with van der Waals surface area (Å²) in [6.45, 7) is -0.211. The minimum Gasteiger partial charge on any atom is -0.495 e. The van der Waals surface area contributed by atoms with E-state index < -0.39 is 22.0 Å². The Bertz CT molecular complexity index is 1270. The van der Waals surface area contributed by atoms with E-state index in [0.29, 0.717) is 27.2 Å². The van der Waals surface area contributed by atoms with Gasteiger partial charge >= 0.3 is 0 Å². The second-order valence-corrected chi connectivity index (χ2v) is 9.61. The molecule has 0 saturated carbocycles. The molecule has 3 aromatic rings. The molecule has 0 spiro atoms. The summed E-state index contributed by atoms with van der Waals surface area (Å²) < 4.78 is 38.8. The van der Waals surface area contributed by atoms with Gasteiger partial charge in [0.15, 0.2) is 6.10 Å². The maximum absolute atomic E-state index is 13.4. The fourth-order valence-corrected chi connectivity index (χ4v) is 5.13. The van der Waals surface area contributed by atoms with Crippen LogP contribution in [0.4, 0.5) is 11.4 Å². The number of fused-ring (bicyclic) bond motifs is 1. The van der Waals surface area contributed by atoms with Crippen LogP contribution in [0.1, 0.15) is 0 Å². The molecule has 0 saturated heterocycles. The van der Waals surface area contributed by atoms with E-state index in [4.69, 9.17) is 32.7 Å². The van der Waals surface area contributed by atoms with Crippen molar-refractivity contribution in [2.75, 3.05) is 23.3 Å². The van der Waals surface area contributed by atoms with Crippen molar-refractivity contribution in [1.29, 1.82) is 0 Å². The highest BCUT2D eigenvalue weighted by Crippen LogP contribution is 2.37. The smallest absolute Gasteiger partial charge is 0.267 e. The molecular weight excluding hydrogens is 475 g/mol. The van der Waals surface area contributed by atoms with Gasteiger partial charge in [0.1, 0.15) is 11.5 Å². The van der Waals surface area contributed by atoms with Crippen LogP contribution in [0.2, 0.25) is 10.0 Å². The highest BCUT2D eigenvalue weighted by atomic mass is 35.5. The molecule has 1 N–H and O–H groups in total. The molecule has 0 aromatic heterocycles. The molecule has 10 heteroatoms. The third-order valence-corrected chi connectivity index (χ3v) is 7.19. The molecule has 1 atom stereocenters. The van der Waals surface area contributed by atoms with Gasteiger partial charge in [-0.1, -0.05) is 35.3 Å². The van der Waals surface area contributed by atoms with Crippen LogP contribution in [0.25, 0.3) is 0 Å². The molecule has 1 heterocycles. The van der Waals surface area contributed by atoms with Crippen LogP contribution in [-0.4, -0.2) is 34.1 Å². The summed E-state index contributed by atoms with van der Waals surface area (Å²) in [6.07, 6.45) is -1.09. The fourth-order valence-electron chi connectivity index (χ4n) is 3.27. The first-order valence-electron chi connectivity index (χ1n) is 9.48. The Labute approximate surface area is 195 Å². The number of amides is 1. The summed E-state index contributed by atoms with van der Waals surface area (Å²) in [5, 5.41) is 3.46. The average molecular weight is 493 g/mol. The summed E-state index contributed by atoms with van der Waals surface area (Å²) in [5.41, 5.74) is 0.773. The molecule has 3 aromatic carbocycles. The number of ether oxygens (including phenoxy) is 2. The van der Waals surface area contributed by atoms with Crippen molar-refractivity contribution < 1.29 is 22.7 Å². The van der Waals surface area contributed by atoms with Gasteiger partial charge < -0.3 is 14.8 Å². The van der Waals surface area contributed by atoms with E-state index in [1.807, 2.05) is 0 Å². The van der Waals surface area contributed by atoms with Crippen molar-refractivity contribution in [3.63, 3.8) is 0 Å². The lowest BCUT2D eigenvalue weighted by atomic mass is 10.2. The van der Waals surface area contributed by atoms with Crippen LogP contribution in [0, 0.1) is 0 Å². The number of carbonyl (C=O) groups is 1. The molecule has 0 fully saturated rings. The minimum atomic E-state index is -3.97. The second-order valence-electron chi connectivity index (χ2n) is 6.90. The Morgan fingerprint density at radius 2 is 1.81 bits per heavy atom. The van der Waals surface area contributed by atoms with Gasteiger partial charge in [0, 0.05) is 10.7 Å². The van der Waals surface area contributed by atoms with E-state index in [1.165, 1.54) is 41.7 Å². The van der Waals surface area contributed by atoms with Gasteiger partial charge in [-0.2, -0.15) is 0 Å². The Hall–Kier alpha value is -2.94. The predicted molar refractivity (Wildman–Crippen MR) is 123 cm³/mol. The summed E-state index contributed by atoms with van der Waals surface area (Å²) in [6, 6.07) is 17.3. The van der Waals surface area contributed by atoms with Gasteiger partial charge in [-0.15, -0.1) is 0 Å². The Kier molecular flexibility index (Phi) is 6.19. The van der Waals surface area contributed by atoms with Crippen molar-refractivity contribution in [3.05, 3.63) is 76.8 Å². The first-order chi connectivity index (χ1) is 15.3. The van der Waals surface area contributed by atoms with Crippen LogP contribution in [0.3, 0.4) is 0 Å². The molecule has 32 heavy (non-hydrogen) atoms. The molecule has 0 bridgehead atoms. The molecule has 0 unspecified atom stereocenters. The number of carbonyl (C=O) groups excluding carboxylic acids is 1. The molecule has 1 aliphatic rings. The van der Waals surface area contributed by atoms with Gasteiger partial charge in [-0.25, -0.2) is 8.42 Å². The van der Waals surface area contributed by atoms with Crippen LogP contribution in [0.15, 0.2) is 71.6 Å². The zero-order chi connectivity index (χ0) is 22.9. The minimum absolute atomic E-state index is 0.0553. The number of sulfonamides is 1. The van der Waals surface area contributed by atoms with Gasteiger partial charge in [-0.05, 0) is 54.6 Å². The number of rotatable bonds is 5. The summed E-state index contributed by atoms with van der Waals surface area (Å²) in [5.74, 6) is 0.231. The zero-order valence-electron chi connectivity index (χ0n) is 16.8.